The molecule has 15 heteroatoms. The van der Waals surface area contributed by atoms with Gasteiger partial charge in [-0.15, -0.1) is 0 Å². The number of amides is 1. The van der Waals surface area contributed by atoms with Crippen LogP contribution in [0.4, 0.5) is 14.5 Å². The Bertz CT molecular complexity index is 1510. The number of allylic oxidation sites excluding steroid dienone is 2. The van der Waals surface area contributed by atoms with E-state index in [2.05, 4.69) is 80.5 Å². The number of hydrazine groups is 1. The third-order valence-electron chi connectivity index (χ3n) is 9.73. The Labute approximate surface area is 419 Å². The van der Waals surface area contributed by atoms with Gasteiger partial charge in [0.25, 0.3) is 6.43 Å². The van der Waals surface area contributed by atoms with Crippen LogP contribution >= 0.6 is 0 Å². The molecule has 1 amide bonds. The minimum Gasteiger partial charge on any atom is -0.402 e. The summed E-state index contributed by atoms with van der Waals surface area (Å²) in [5.74, 6) is 4.60. The molecule has 11 N–H and O–H groups in total. The second-order valence-electron chi connectivity index (χ2n) is 15.6. The number of unbranched alkanes of at least 4 members (excludes halogenated alkanes) is 6. The van der Waals surface area contributed by atoms with Crippen molar-refractivity contribution in [2.75, 3.05) is 59.3 Å². The van der Waals surface area contributed by atoms with Gasteiger partial charge in [-0.3, -0.25) is 16.1 Å². The standard InChI is InChI=1S/C16H26O.C15H21F2N3.C7H15N.C6H15N.C5H8O2.C2H6.CH6N2.CH3NO.CH2O/c1-4-5-6-7-8-11-15-12-9-10-14(2)16(15)13-17-3;1-19-9-11(8-18)12-6-10-4-3-5-20(2)14(10)7-13(12)15(16)17;1-4-5-7(8)6(2)3;1-3-5-7-6-4-2;6-4-2-1-3-5-7;1-2;1-3-2;2-1-3;1-2/h9-10,12H,4-8,11,13H2,1-3H3;6-7,9,15,19H,3-5,8,18H2,1-2H3;4-5,8H2,1-3H3;7H,3-6H2,1-2H3;4-5H,1-3H2;1-2H3;3H,2H2,1H3;1H,(H2,2,3);1H2/b;11-9+;;;;;;;. The molecule has 1 aliphatic heterocycles. The van der Waals surface area contributed by atoms with E-state index in [0.717, 1.165) is 68.4 Å². The van der Waals surface area contributed by atoms with Gasteiger partial charge in [-0.05, 0) is 138 Å². The highest BCUT2D eigenvalue weighted by Gasteiger charge is 2.22. The summed E-state index contributed by atoms with van der Waals surface area (Å²) in [6.07, 6.45) is 17.4. The fraction of sp³-hybridized carbons (Fsp3) is 0.630. The van der Waals surface area contributed by atoms with Gasteiger partial charge in [0.15, 0.2) is 0 Å². The highest BCUT2D eigenvalue weighted by Crippen LogP contribution is 2.36. The molecule has 0 saturated carbocycles. The predicted molar refractivity (Wildman–Crippen MR) is 292 cm³/mol. The Morgan fingerprint density at radius 1 is 0.899 bits per heavy atom. The lowest BCUT2D eigenvalue weighted by molar-refractivity contribution is -0.109. The molecule has 0 aliphatic carbocycles. The van der Waals surface area contributed by atoms with E-state index in [1.807, 2.05) is 52.5 Å². The number of fused-ring (bicyclic) bond motifs is 1. The molecule has 0 bridgehead atoms. The van der Waals surface area contributed by atoms with E-state index in [0.29, 0.717) is 30.4 Å². The molecular formula is C54H102F2N8O5. The molecule has 402 valence electrons. The number of halogens is 2. The fourth-order valence-corrected chi connectivity index (χ4v) is 6.26. The summed E-state index contributed by atoms with van der Waals surface area (Å²) in [6.45, 7) is 25.3. The number of hydrogen-bond acceptors (Lipinski definition) is 12. The molecule has 69 heavy (non-hydrogen) atoms. The summed E-state index contributed by atoms with van der Waals surface area (Å²) in [4.78, 5) is 37.8. The van der Waals surface area contributed by atoms with E-state index in [-0.39, 0.29) is 18.5 Å². The van der Waals surface area contributed by atoms with E-state index < -0.39 is 6.43 Å². The first-order valence-corrected chi connectivity index (χ1v) is 24.8. The molecule has 0 atom stereocenters. The van der Waals surface area contributed by atoms with Crippen LogP contribution in [0.2, 0.25) is 0 Å². The third-order valence-corrected chi connectivity index (χ3v) is 9.73. The molecule has 0 radical (unpaired) electrons. The number of benzene rings is 2. The van der Waals surface area contributed by atoms with E-state index >= 15 is 0 Å². The molecule has 0 fully saturated rings. The largest absolute Gasteiger partial charge is 0.402 e. The fourth-order valence-electron chi connectivity index (χ4n) is 6.26. The van der Waals surface area contributed by atoms with Crippen molar-refractivity contribution < 1.29 is 32.7 Å². The van der Waals surface area contributed by atoms with E-state index in [1.165, 1.54) is 86.7 Å². The van der Waals surface area contributed by atoms with Gasteiger partial charge in [0.2, 0.25) is 6.41 Å². The first kappa shape index (κ1) is 76.0. The maximum atomic E-state index is 13.4. The molecule has 13 nitrogen and oxygen atoms in total. The van der Waals surface area contributed by atoms with Crippen LogP contribution < -0.4 is 44.0 Å². The number of nitrogens with two attached hydrogens (primary N) is 4. The Morgan fingerprint density at radius 2 is 1.45 bits per heavy atom. The average molecular weight is 981 g/mol. The van der Waals surface area contributed by atoms with Gasteiger partial charge < -0.3 is 51.9 Å². The van der Waals surface area contributed by atoms with Crippen LogP contribution in [-0.4, -0.2) is 80.2 Å². The number of primary amides is 1. The number of aryl methyl sites for hydroxylation is 3. The van der Waals surface area contributed by atoms with Crippen molar-refractivity contribution in [2.24, 2.45) is 23.0 Å². The highest BCUT2D eigenvalue weighted by atomic mass is 19.3. The zero-order valence-corrected chi connectivity index (χ0v) is 45.7. The summed E-state index contributed by atoms with van der Waals surface area (Å²) in [6, 6.07) is 10.1. The molecule has 2 aromatic carbocycles. The summed E-state index contributed by atoms with van der Waals surface area (Å²) in [5.41, 5.74) is 27.6. The molecule has 0 aromatic heterocycles. The molecule has 0 saturated heterocycles. The topological polar surface area (TPSA) is 221 Å². The van der Waals surface area contributed by atoms with Gasteiger partial charge in [0.1, 0.15) is 19.4 Å². The van der Waals surface area contributed by atoms with Crippen molar-refractivity contribution in [1.82, 2.24) is 16.1 Å². The van der Waals surface area contributed by atoms with Gasteiger partial charge >= 0.3 is 0 Å². The molecule has 0 unspecified atom stereocenters. The number of nitrogens with zero attached hydrogens (tertiary/aromatic N) is 1. The zero-order valence-electron chi connectivity index (χ0n) is 45.7. The van der Waals surface area contributed by atoms with Crippen LogP contribution in [0.3, 0.4) is 0 Å². The second-order valence-corrected chi connectivity index (χ2v) is 15.6. The number of rotatable bonds is 22. The van der Waals surface area contributed by atoms with Crippen molar-refractivity contribution in [3.8, 4) is 0 Å². The van der Waals surface area contributed by atoms with Gasteiger partial charge in [-0.1, -0.05) is 97.4 Å². The Hall–Kier alpha value is -4.54. The molecule has 1 aliphatic rings. The molecule has 2 aromatic rings. The van der Waals surface area contributed by atoms with Crippen molar-refractivity contribution in [3.63, 3.8) is 0 Å². The minimum atomic E-state index is -2.50. The Kier molecular flexibility index (Phi) is 65.6. The number of carbonyl (C=O) groups excluding carboxylic acids is 4. The van der Waals surface area contributed by atoms with Crippen LogP contribution in [0.5, 0.6) is 0 Å². The van der Waals surface area contributed by atoms with Gasteiger partial charge in [-0.25, -0.2) is 8.78 Å². The zero-order chi connectivity index (χ0) is 54.3. The average Bonchev–Trinajstić information content (AvgIpc) is 3.34. The van der Waals surface area contributed by atoms with Crippen LogP contribution in [0.25, 0.3) is 5.57 Å². The van der Waals surface area contributed by atoms with Crippen molar-refractivity contribution in [3.05, 3.63) is 81.2 Å². The Balaban J connectivity index is -0.000000182. The van der Waals surface area contributed by atoms with Crippen molar-refractivity contribution in [2.45, 2.75) is 172 Å². The lowest BCUT2D eigenvalue weighted by Crippen LogP contribution is -2.25. The van der Waals surface area contributed by atoms with E-state index in [1.54, 1.807) is 33.5 Å². The van der Waals surface area contributed by atoms with Crippen LogP contribution in [-0.2, 0) is 43.4 Å². The highest BCUT2D eigenvalue weighted by molar-refractivity contribution is 5.74. The van der Waals surface area contributed by atoms with Crippen LogP contribution in [0, 0.1) is 6.92 Å². The monoisotopic (exact) mass is 981 g/mol. The van der Waals surface area contributed by atoms with Gasteiger partial charge in [0, 0.05) is 70.3 Å². The van der Waals surface area contributed by atoms with Crippen LogP contribution in [0.1, 0.15) is 179 Å². The first-order valence-electron chi connectivity index (χ1n) is 24.8. The summed E-state index contributed by atoms with van der Waals surface area (Å²) < 4.78 is 32.0. The number of methoxy groups -OCH3 is 1. The summed E-state index contributed by atoms with van der Waals surface area (Å²) >= 11 is 0. The number of anilines is 1. The van der Waals surface area contributed by atoms with Gasteiger partial charge in [0.05, 0.1) is 6.61 Å². The number of ether oxygens (including phenoxy) is 1. The number of alkyl halides is 2. The second kappa shape index (κ2) is 59.6. The number of aldehydes is 2. The van der Waals surface area contributed by atoms with E-state index in [9.17, 15) is 18.4 Å². The normalized spacial score (nSPS) is 10.5. The number of hydrogen-bond donors (Lipinski definition) is 7. The third kappa shape index (κ3) is 44.4. The van der Waals surface area contributed by atoms with Crippen molar-refractivity contribution in [1.29, 1.82) is 0 Å². The van der Waals surface area contributed by atoms with E-state index in [4.69, 9.17) is 25.8 Å². The maximum absolute atomic E-state index is 13.4. The molecular weight excluding hydrogens is 879 g/mol. The number of nitrogens with one attached hydrogen (secondary N) is 3. The summed E-state index contributed by atoms with van der Waals surface area (Å²) in [7, 11) is 7.11. The predicted octanol–water partition coefficient (Wildman–Crippen LogP) is 10.2. The number of carbonyl (C=O) groups is 4. The molecule has 3 rings (SSSR count). The Morgan fingerprint density at radius 3 is 1.87 bits per heavy atom. The SMILES string of the molecule is C=O.CC.CCCC(N)=C(C)C.CCCCCCCc1cccc(C)c1COC.CCCNCCC.CN/C=C(\CN)c1cc2c(cc1C(F)F)N(C)CCC2.CNN.NC=O.O=CCCCC=O. The quantitative estimate of drug-likeness (QED) is 0.0254. The smallest absolute Gasteiger partial charge is 0.264 e. The van der Waals surface area contributed by atoms with Crippen molar-refractivity contribution >= 4 is 37.0 Å². The lowest BCUT2D eigenvalue weighted by Gasteiger charge is -2.29. The molecule has 1 heterocycles. The van der Waals surface area contributed by atoms with Gasteiger partial charge in [-0.2, -0.15) is 0 Å². The first-order chi connectivity index (χ1) is 33.2. The lowest BCUT2D eigenvalue weighted by atomic mass is 9.92. The summed E-state index contributed by atoms with van der Waals surface area (Å²) in [5, 5.41) is 6.16. The minimum absolute atomic E-state index is 0.0597. The maximum Gasteiger partial charge on any atom is 0.264 e. The molecule has 0 spiro atoms. The van der Waals surface area contributed by atoms with Crippen LogP contribution in [0.15, 0.2) is 47.8 Å².